The SMILES string of the molecule is CNCCS(=O)(=O)NC1CCc2c(-c3cnc(-c4ccc(OC(C)C)c(C#N)c4)s3)cccc21. The molecule has 0 saturated heterocycles. The Morgan fingerprint density at radius 1 is 1.29 bits per heavy atom. The molecule has 0 fully saturated rings. The topological polar surface area (TPSA) is 104 Å². The molecule has 4 rings (SSSR count). The standard InChI is InChI=1S/C25H28N4O3S2/c1-16(2)32-23-10-7-17(13-18(23)14-26)25-28-15-24(33-25)21-6-4-5-20-19(21)8-9-22(20)29-34(30,31)12-11-27-3/h4-7,10,13,15-16,22,27,29H,8-9,11-12H2,1-3H3. The summed E-state index contributed by atoms with van der Waals surface area (Å²) in [4.78, 5) is 5.64. The molecule has 1 atom stereocenters. The van der Waals surface area contributed by atoms with Crippen molar-refractivity contribution < 1.29 is 13.2 Å². The van der Waals surface area contributed by atoms with Crippen molar-refractivity contribution in [3.8, 4) is 32.8 Å². The number of fused-ring (bicyclic) bond motifs is 1. The van der Waals surface area contributed by atoms with Crippen LogP contribution in [0.25, 0.3) is 21.0 Å². The van der Waals surface area contributed by atoms with Gasteiger partial charge in [0.15, 0.2) is 0 Å². The Labute approximate surface area is 204 Å². The highest BCUT2D eigenvalue weighted by atomic mass is 32.2. The summed E-state index contributed by atoms with van der Waals surface area (Å²) in [5, 5.41) is 13.3. The van der Waals surface area contributed by atoms with Gasteiger partial charge >= 0.3 is 0 Å². The second-order valence-corrected chi connectivity index (χ2v) is 11.4. The molecule has 2 aromatic carbocycles. The van der Waals surface area contributed by atoms with Crippen LogP contribution in [0.2, 0.25) is 0 Å². The molecule has 0 amide bonds. The molecule has 1 aromatic heterocycles. The van der Waals surface area contributed by atoms with Crippen LogP contribution in [0.15, 0.2) is 42.6 Å². The number of hydrogen-bond donors (Lipinski definition) is 2. The van der Waals surface area contributed by atoms with Gasteiger partial charge in [0.2, 0.25) is 10.0 Å². The normalized spacial score (nSPS) is 15.3. The molecule has 9 heteroatoms. The summed E-state index contributed by atoms with van der Waals surface area (Å²) >= 11 is 1.56. The molecule has 1 heterocycles. The van der Waals surface area contributed by atoms with E-state index in [2.05, 4.69) is 27.2 Å². The third-order valence-corrected chi connectivity index (χ3v) is 8.16. The van der Waals surface area contributed by atoms with Crippen molar-refractivity contribution in [2.75, 3.05) is 19.3 Å². The van der Waals surface area contributed by atoms with E-state index < -0.39 is 10.0 Å². The average molecular weight is 497 g/mol. The Hall–Kier alpha value is -2.77. The molecule has 3 aromatic rings. The van der Waals surface area contributed by atoms with Crippen LogP contribution in [0.5, 0.6) is 5.75 Å². The fraction of sp³-hybridized carbons (Fsp3) is 0.360. The molecule has 34 heavy (non-hydrogen) atoms. The van der Waals surface area contributed by atoms with Gasteiger partial charge in [-0.15, -0.1) is 11.3 Å². The number of nitriles is 1. The largest absolute Gasteiger partial charge is 0.490 e. The van der Waals surface area contributed by atoms with E-state index in [9.17, 15) is 13.7 Å². The number of thiazole rings is 1. The minimum Gasteiger partial charge on any atom is -0.490 e. The Balaban J connectivity index is 1.60. The Kier molecular flexibility index (Phi) is 7.33. The molecule has 1 aliphatic carbocycles. The van der Waals surface area contributed by atoms with Gasteiger partial charge in [-0.25, -0.2) is 18.1 Å². The van der Waals surface area contributed by atoms with E-state index in [-0.39, 0.29) is 17.9 Å². The Morgan fingerprint density at radius 2 is 2.12 bits per heavy atom. The highest BCUT2D eigenvalue weighted by molar-refractivity contribution is 7.89. The van der Waals surface area contributed by atoms with Crippen LogP contribution in [0.4, 0.5) is 0 Å². The van der Waals surface area contributed by atoms with E-state index in [0.717, 1.165) is 45.0 Å². The second-order valence-electron chi connectivity index (χ2n) is 8.52. The van der Waals surface area contributed by atoms with Crippen molar-refractivity contribution in [3.05, 3.63) is 59.3 Å². The van der Waals surface area contributed by atoms with Crippen molar-refractivity contribution in [3.63, 3.8) is 0 Å². The first-order valence-corrected chi connectivity index (χ1v) is 13.7. The highest BCUT2D eigenvalue weighted by Gasteiger charge is 2.28. The van der Waals surface area contributed by atoms with Crippen molar-refractivity contribution in [2.45, 2.75) is 38.8 Å². The number of aromatic nitrogens is 1. The van der Waals surface area contributed by atoms with Crippen LogP contribution in [-0.4, -0.2) is 38.9 Å². The molecular weight excluding hydrogens is 468 g/mol. The van der Waals surface area contributed by atoms with Crippen LogP contribution in [0, 0.1) is 11.3 Å². The molecule has 1 aliphatic rings. The Bertz CT molecular complexity index is 1330. The maximum Gasteiger partial charge on any atom is 0.213 e. The van der Waals surface area contributed by atoms with Gasteiger partial charge in [-0.2, -0.15) is 5.26 Å². The lowest BCUT2D eigenvalue weighted by Crippen LogP contribution is -2.33. The van der Waals surface area contributed by atoms with E-state index in [0.29, 0.717) is 17.9 Å². The summed E-state index contributed by atoms with van der Waals surface area (Å²) in [6.07, 6.45) is 3.38. The van der Waals surface area contributed by atoms with Gasteiger partial charge in [0, 0.05) is 24.3 Å². The minimum atomic E-state index is -3.36. The molecule has 7 nitrogen and oxygen atoms in total. The molecule has 178 valence electrons. The predicted octanol–water partition coefficient (Wildman–Crippen LogP) is 4.26. The predicted molar refractivity (Wildman–Crippen MR) is 135 cm³/mol. The van der Waals surface area contributed by atoms with E-state index in [4.69, 9.17) is 4.74 Å². The summed E-state index contributed by atoms with van der Waals surface area (Å²) in [5.41, 5.74) is 4.63. The minimum absolute atomic E-state index is 0.0128. The molecule has 0 radical (unpaired) electrons. The number of benzene rings is 2. The molecule has 0 saturated carbocycles. The second kappa shape index (κ2) is 10.2. The molecular formula is C25H28N4O3S2. The van der Waals surface area contributed by atoms with Crippen LogP contribution in [0.1, 0.15) is 43.0 Å². The highest BCUT2D eigenvalue weighted by Crippen LogP contribution is 2.41. The Morgan fingerprint density at radius 3 is 2.85 bits per heavy atom. The zero-order chi connectivity index (χ0) is 24.3. The monoisotopic (exact) mass is 496 g/mol. The van der Waals surface area contributed by atoms with Crippen molar-refractivity contribution >= 4 is 21.4 Å². The van der Waals surface area contributed by atoms with E-state index >= 15 is 0 Å². The maximum absolute atomic E-state index is 12.4. The van der Waals surface area contributed by atoms with Crippen molar-refractivity contribution in [1.82, 2.24) is 15.0 Å². The summed E-state index contributed by atoms with van der Waals surface area (Å²) in [6, 6.07) is 13.6. The third kappa shape index (κ3) is 5.31. The number of ether oxygens (including phenoxy) is 1. The lowest BCUT2D eigenvalue weighted by molar-refractivity contribution is 0.242. The average Bonchev–Trinajstić information content (AvgIpc) is 3.45. The lowest BCUT2D eigenvalue weighted by Gasteiger charge is -2.15. The van der Waals surface area contributed by atoms with Gasteiger partial charge in [0.1, 0.15) is 16.8 Å². The first kappa shape index (κ1) is 24.4. The molecule has 0 spiro atoms. The van der Waals surface area contributed by atoms with Crippen LogP contribution in [0.3, 0.4) is 0 Å². The van der Waals surface area contributed by atoms with Gasteiger partial charge in [-0.3, -0.25) is 0 Å². The fourth-order valence-corrected chi connectivity index (χ4v) is 6.39. The summed E-state index contributed by atoms with van der Waals surface area (Å²) in [7, 11) is -1.62. The van der Waals surface area contributed by atoms with Gasteiger partial charge in [0.25, 0.3) is 0 Å². The van der Waals surface area contributed by atoms with Gasteiger partial charge < -0.3 is 10.1 Å². The molecule has 2 N–H and O–H groups in total. The van der Waals surface area contributed by atoms with Crippen LogP contribution < -0.4 is 14.8 Å². The summed E-state index contributed by atoms with van der Waals surface area (Å²) in [5.74, 6) is 0.626. The number of rotatable bonds is 9. The van der Waals surface area contributed by atoms with Gasteiger partial charge in [-0.05, 0) is 68.6 Å². The lowest BCUT2D eigenvalue weighted by atomic mass is 10.0. The first-order valence-electron chi connectivity index (χ1n) is 11.2. The van der Waals surface area contributed by atoms with E-state index in [1.54, 1.807) is 18.4 Å². The zero-order valence-corrected chi connectivity index (χ0v) is 21.1. The molecule has 0 aliphatic heterocycles. The van der Waals surface area contributed by atoms with E-state index in [1.807, 2.05) is 50.4 Å². The molecule has 0 bridgehead atoms. The smallest absolute Gasteiger partial charge is 0.213 e. The molecule has 1 unspecified atom stereocenters. The van der Waals surface area contributed by atoms with Crippen molar-refractivity contribution in [2.24, 2.45) is 0 Å². The number of sulfonamides is 1. The third-order valence-electron chi connectivity index (χ3n) is 5.69. The van der Waals surface area contributed by atoms with Crippen LogP contribution >= 0.6 is 11.3 Å². The summed E-state index contributed by atoms with van der Waals surface area (Å²) < 4.78 is 33.4. The van der Waals surface area contributed by atoms with Crippen molar-refractivity contribution in [1.29, 1.82) is 5.26 Å². The quantitative estimate of drug-likeness (QED) is 0.459. The number of nitrogens with zero attached hydrogens (tertiary/aromatic N) is 2. The van der Waals surface area contributed by atoms with Crippen LogP contribution in [-0.2, 0) is 16.4 Å². The first-order chi connectivity index (χ1) is 16.3. The van der Waals surface area contributed by atoms with Gasteiger partial charge in [0.05, 0.1) is 22.3 Å². The fourth-order valence-electron chi connectivity index (χ4n) is 4.16. The maximum atomic E-state index is 12.4. The number of hydrogen-bond acceptors (Lipinski definition) is 7. The van der Waals surface area contributed by atoms with E-state index in [1.165, 1.54) is 0 Å². The van der Waals surface area contributed by atoms with Gasteiger partial charge in [-0.1, -0.05) is 18.2 Å². The number of nitrogens with one attached hydrogen (secondary N) is 2. The summed E-state index contributed by atoms with van der Waals surface area (Å²) in [6.45, 7) is 4.27. The zero-order valence-electron chi connectivity index (χ0n) is 19.5.